The van der Waals surface area contributed by atoms with E-state index in [2.05, 4.69) is 15.0 Å². The van der Waals surface area contributed by atoms with E-state index in [0.717, 1.165) is 10.5 Å². The maximum absolute atomic E-state index is 12.7. The molecule has 26 heavy (non-hydrogen) atoms. The molecule has 8 heteroatoms. The van der Waals surface area contributed by atoms with Crippen LogP contribution in [0.3, 0.4) is 0 Å². The number of imidazole rings is 1. The maximum Gasteiger partial charge on any atom is 0.423 e. The highest BCUT2D eigenvalue weighted by Gasteiger charge is 2.37. The molecule has 3 rings (SSSR count). The summed E-state index contributed by atoms with van der Waals surface area (Å²) in [5.41, 5.74) is 0.894. The molecular formula is C18H18N4O3S. The number of amidine groups is 1. The van der Waals surface area contributed by atoms with Crippen molar-refractivity contribution < 1.29 is 14.3 Å². The Morgan fingerprint density at radius 3 is 2.77 bits per heavy atom. The highest BCUT2D eigenvalue weighted by Crippen LogP contribution is 2.22. The summed E-state index contributed by atoms with van der Waals surface area (Å²) in [7, 11) is 0. The lowest BCUT2D eigenvalue weighted by atomic mass is 10.2. The van der Waals surface area contributed by atoms with Gasteiger partial charge in [0.05, 0.1) is 12.0 Å². The zero-order valence-corrected chi connectivity index (χ0v) is 15.4. The van der Waals surface area contributed by atoms with E-state index in [9.17, 15) is 9.59 Å². The van der Waals surface area contributed by atoms with Crippen molar-refractivity contribution in [1.82, 2.24) is 14.9 Å². The number of H-pyrrole nitrogens is 1. The van der Waals surface area contributed by atoms with Crippen molar-refractivity contribution >= 4 is 41.3 Å². The zero-order valence-electron chi connectivity index (χ0n) is 14.6. The molecule has 3 heterocycles. The monoisotopic (exact) mass is 370 g/mol. The number of carbonyl (C=O) groups excluding carboxylic acids is 2. The van der Waals surface area contributed by atoms with Gasteiger partial charge in [-0.25, -0.2) is 14.8 Å². The Balaban J connectivity index is 1.93. The van der Waals surface area contributed by atoms with Crippen molar-refractivity contribution in [2.75, 3.05) is 0 Å². The lowest BCUT2D eigenvalue weighted by Crippen LogP contribution is -2.41. The van der Waals surface area contributed by atoms with Gasteiger partial charge in [-0.15, -0.1) is 0 Å². The molecule has 2 aromatic rings. The molecule has 0 saturated carbocycles. The number of ether oxygens (including phenoxy) is 1. The first-order valence-corrected chi connectivity index (χ1v) is 8.85. The number of imide groups is 1. The molecule has 2 aromatic heterocycles. The molecule has 0 saturated heterocycles. The molecule has 0 aliphatic carbocycles. The van der Waals surface area contributed by atoms with E-state index in [0.29, 0.717) is 5.69 Å². The van der Waals surface area contributed by atoms with Crippen LogP contribution in [0.4, 0.5) is 4.79 Å². The molecule has 134 valence electrons. The Morgan fingerprint density at radius 2 is 2.15 bits per heavy atom. The van der Waals surface area contributed by atoms with E-state index in [1.807, 2.05) is 16.8 Å². The Labute approximate surface area is 154 Å². The Morgan fingerprint density at radius 1 is 1.35 bits per heavy atom. The number of nitrogens with one attached hydrogen (secondary N) is 1. The number of carbonyl (C=O) groups is 2. The second kappa shape index (κ2) is 7.09. The van der Waals surface area contributed by atoms with Crippen LogP contribution in [-0.4, -0.2) is 38.3 Å². The fourth-order valence-corrected chi connectivity index (χ4v) is 2.79. The number of thiophene rings is 1. The molecule has 0 radical (unpaired) electrons. The Hall–Kier alpha value is -3.00. The maximum atomic E-state index is 12.7. The number of aliphatic imine (C=N–C) groups is 1. The van der Waals surface area contributed by atoms with Crippen molar-refractivity contribution in [2.24, 2.45) is 4.99 Å². The van der Waals surface area contributed by atoms with Gasteiger partial charge in [0.15, 0.2) is 0 Å². The summed E-state index contributed by atoms with van der Waals surface area (Å²) in [6.45, 7) is 5.22. The summed E-state index contributed by atoms with van der Waals surface area (Å²) in [5.74, 6) is -0.343. The van der Waals surface area contributed by atoms with Gasteiger partial charge >= 0.3 is 6.09 Å². The predicted molar refractivity (Wildman–Crippen MR) is 100 cm³/mol. The summed E-state index contributed by atoms with van der Waals surface area (Å²) >= 11 is 1.55. The first kappa shape index (κ1) is 17.8. The lowest BCUT2D eigenvalue weighted by Gasteiger charge is -2.23. The van der Waals surface area contributed by atoms with Crippen LogP contribution in [0.15, 0.2) is 46.1 Å². The van der Waals surface area contributed by atoms with Gasteiger partial charge in [0.1, 0.15) is 17.1 Å². The van der Waals surface area contributed by atoms with E-state index in [1.165, 1.54) is 12.4 Å². The van der Waals surface area contributed by atoms with Crippen LogP contribution in [0.1, 0.15) is 32.0 Å². The third-order valence-electron chi connectivity index (χ3n) is 3.23. The van der Waals surface area contributed by atoms with Gasteiger partial charge in [-0.1, -0.05) is 6.08 Å². The third kappa shape index (κ3) is 4.15. The van der Waals surface area contributed by atoms with Gasteiger partial charge in [-0.05, 0) is 55.3 Å². The van der Waals surface area contributed by atoms with Crippen LogP contribution in [0.5, 0.6) is 0 Å². The number of amides is 2. The molecule has 1 aliphatic rings. The fraction of sp³-hybridized carbons (Fsp3) is 0.222. The van der Waals surface area contributed by atoms with E-state index >= 15 is 0 Å². The summed E-state index contributed by atoms with van der Waals surface area (Å²) in [6.07, 6.45) is 7.29. The van der Waals surface area contributed by atoms with Crippen LogP contribution in [0.25, 0.3) is 12.2 Å². The molecule has 0 fully saturated rings. The molecular weight excluding hydrogens is 352 g/mol. The van der Waals surface area contributed by atoms with Gasteiger partial charge in [0.25, 0.3) is 5.91 Å². The summed E-state index contributed by atoms with van der Waals surface area (Å²) in [6, 6.07) is 1.93. The van der Waals surface area contributed by atoms with Crippen molar-refractivity contribution in [3.8, 4) is 0 Å². The quantitative estimate of drug-likeness (QED) is 0.835. The molecule has 0 bridgehead atoms. The average Bonchev–Trinajstić information content (AvgIpc) is 3.27. The molecule has 0 spiro atoms. The van der Waals surface area contributed by atoms with Crippen molar-refractivity contribution in [2.45, 2.75) is 26.4 Å². The first-order valence-electron chi connectivity index (χ1n) is 7.90. The third-order valence-corrected chi connectivity index (χ3v) is 3.94. The highest BCUT2D eigenvalue weighted by atomic mass is 32.1. The molecule has 2 amide bonds. The normalized spacial score (nSPS) is 16.6. The van der Waals surface area contributed by atoms with Gasteiger partial charge in [0.2, 0.25) is 0 Å². The highest BCUT2D eigenvalue weighted by molar-refractivity contribution is 7.08. The van der Waals surface area contributed by atoms with Gasteiger partial charge < -0.3 is 9.72 Å². The van der Waals surface area contributed by atoms with Crippen molar-refractivity contribution in [1.29, 1.82) is 0 Å². The molecule has 0 aromatic carbocycles. The van der Waals surface area contributed by atoms with E-state index < -0.39 is 17.6 Å². The van der Waals surface area contributed by atoms with Crippen LogP contribution >= 0.6 is 11.3 Å². The van der Waals surface area contributed by atoms with E-state index in [1.54, 1.807) is 50.5 Å². The first-order chi connectivity index (χ1) is 12.3. The van der Waals surface area contributed by atoms with Gasteiger partial charge in [0, 0.05) is 6.20 Å². The van der Waals surface area contributed by atoms with Crippen LogP contribution in [0.2, 0.25) is 0 Å². The fourth-order valence-electron chi connectivity index (χ4n) is 2.16. The summed E-state index contributed by atoms with van der Waals surface area (Å²) in [5, 5.41) is 3.89. The zero-order chi connectivity index (χ0) is 18.7. The minimum Gasteiger partial charge on any atom is -0.443 e. The Bertz CT molecular complexity index is 888. The topological polar surface area (TPSA) is 87.6 Å². The standard InChI is InChI=1S/C18H18N4O3S/c1-18(2,3)25-17(24)22-15(5-4-12-6-7-26-10-12)21-14(16(22)23)8-13-9-19-11-20-13/h4-11H,1-3H3,(H,19,20)/b5-4+,14-8-. The van der Waals surface area contributed by atoms with Crippen molar-refractivity contribution in [3.05, 3.63) is 52.4 Å². The lowest BCUT2D eigenvalue weighted by molar-refractivity contribution is -0.122. The predicted octanol–water partition coefficient (Wildman–Crippen LogP) is 3.70. The van der Waals surface area contributed by atoms with E-state index in [-0.39, 0.29) is 11.5 Å². The average molecular weight is 370 g/mol. The van der Waals surface area contributed by atoms with Gasteiger partial charge in [-0.2, -0.15) is 16.2 Å². The number of rotatable bonds is 3. The Kier molecular flexibility index (Phi) is 4.85. The largest absolute Gasteiger partial charge is 0.443 e. The van der Waals surface area contributed by atoms with Crippen LogP contribution in [-0.2, 0) is 9.53 Å². The number of aromatic amines is 1. The number of nitrogens with zero attached hydrogens (tertiary/aromatic N) is 3. The minimum atomic E-state index is -0.762. The summed E-state index contributed by atoms with van der Waals surface area (Å²) in [4.78, 5) is 37.3. The SMILES string of the molecule is CC(C)(C)OC(=O)N1C(=O)/C(=C/c2c[nH]cn2)N=C1/C=C/c1ccsc1. The second-order valence-corrected chi connectivity index (χ2v) is 7.28. The smallest absolute Gasteiger partial charge is 0.423 e. The second-order valence-electron chi connectivity index (χ2n) is 6.50. The molecule has 1 aliphatic heterocycles. The van der Waals surface area contributed by atoms with Crippen molar-refractivity contribution in [3.63, 3.8) is 0 Å². The number of hydrogen-bond donors (Lipinski definition) is 1. The van der Waals surface area contributed by atoms with Crippen LogP contribution in [0, 0.1) is 0 Å². The van der Waals surface area contributed by atoms with E-state index in [4.69, 9.17) is 4.74 Å². The molecule has 7 nitrogen and oxygen atoms in total. The summed E-state index contributed by atoms with van der Waals surface area (Å²) < 4.78 is 5.35. The molecule has 1 N–H and O–H groups in total. The number of hydrogen-bond acceptors (Lipinski definition) is 6. The van der Waals surface area contributed by atoms with Crippen LogP contribution < -0.4 is 0 Å². The van der Waals surface area contributed by atoms with Gasteiger partial charge in [-0.3, -0.25) is 4.79 Å². The molecule has 0 unspecified atom stereocenters. The minimum absolute atomic E-state index is 0.118. The number of aromatic nitrogens is 2. The molecule has 0 atom stereocenters.